The van der Waals surface area contributed by atoms with Crippen LogP contribution in [0.4, 0.5) is 0 Å². The van der Waals surface area contributed by atoms with Crippen LogP contribution in [0.2, 0.25) is 0 Å². The summed E-state index contributed by atoms with van der Waals surface area (Å²) in [6, 6.07) is 7.41. The Morgan fingerprint density at radius 3 is 2.35 bits per heavy atom. The molecule has 0 aromatic heterocycles. The molecule has 0 radical (unpaired) electrons. The van der Waals surface area contributed by atoms with Crippen molar-refractivity contribution in [3.8, 4) is 5.75 Å². The second-order valence-electron chi connectivity index (χ2n) is 4.72. The van der Waals surface area contributed by atoms with Crippen molar-refractivity contribution < 1.29 is 9.53 Å². The molecule has 0 aliphatic carbocycles. The van der Waals surface area contributed by atoms with E-state index in [2.05, 4.69) is 10.5 Å². The van der Waals surface area contributed by atoms with Crippen LogP contribution in [0, 0.1) is 5.41 Å². The summed E-state index contributed by atoms with van der Waals surface area (Å²) in [6.45, 7) is 5.52. The molecule has 0 unspecified atom stereocenters. The average molecular weight is 234 g/mol. The predicted octanol–water partition coefficient (Wildman–Crippen LogP) is 2.19. The number of hydrogen-bond acceptors (Lipinski definition) is 3. The molecule has 1 aromatic carbocycles. The second-order valence-corrected chi connectivity index (χ2v) is 4.72. The van der Waals surface area contributed by atoms with Crippen LogP contribution in [0.5, 0.6) is 5.75 Å². The van der Waals surface area contributed by atoms with Gasteiger partial charge in [0.15, 0.2) is 0 Å². The average Bonchev–Trinajstić information content (AvgIpc) is 2.28. The fourth-order valence-corrected chi connectivity index (χ4v) is 1.02. The van der Waals surface area contributed by atoms with Crippen LogP contribution < -0.4 is 10.2 Å². The molecule has 0 saturated heterocycles. The van der Waals surface area contributed by atoms with E-state index in [1.807, 2.05) is 45.0 Å². The predicted molar refractivity (Wildman–Crippen MR) is 68.2 cm³/mol. The topological polar surface area (TPSA) is 50.7 Å². The van der Waals surface area contributed by atoms with Gasteiger partial charge in [-0.2, -0.15) is 5.10 Å². The van der Waals surface area contributed by atoms with E-state index in [4.69, 9.17) is 4.74 Å². The second kappa shape index (κ2) is 5.48. The van der Waals surface area contributed by atoms with Crippen molar-refractivity contribution in [2.75, 3.05) is 7.11 Å². The minimum Gasteiger partial charge on any atom is -0.497 e. The largest absolute Gasteiger partial charge is 0.497 e. The number of carbonyl (C=O) groups excluding carboxylic acids is 1. The highest BCUT2D eigenvalue weighted by molar-refractivity contribution is 5.84. The summed E-state index contributed by atoms with van der Waals surface area (Å²) in [5.41, 5.74) is 2.97. The molecule has 92 valence electrons. The van der Waals surface area contributed by atoms with E-state index in [-0.39, 0.29) is 5.91 Å². The van der Waals surface area contributed by atoms with Crippen LogP contribution >= 0.6 is 0 Å². The number of nitrogens with one attached hydrogen (secondary N) is 1. The van der Waals surface area contributed by atoms with E-state index in [1.165, 1.54) is 0 Å². The van der Waals surface area contributed by atoms with E-state index < -0.39 is 5.41 Å². The maximum atomic E-state index is 11.5. The van der Waals surface area contributed by atoms with Crippen molar-refractivity contribution in [2.45, 2.75) is 20.8 Å². The van der Waals surface area contributed by atoms with Crippen LogP contribution in [0.3, 0.4) is 0 Å². The molecule has 4 heteroatoms. The van der Waals surface area contributed by atoms with Gasteiger partial charge in [-0.15, -0.1) is 0 Å². The van der Waals surface area contributed by atoms with Crippen molar-refractivity contribution in [2.24, 2.45) is 10.5 Å². The number of amides is 1. The monoisotopic (exact) mass is 234 g/mol. The lowest BCUT2D eigenvalue weighted by Gasteiger charge is -2.14. The molecule has 4 nitrogen and oxygen atoms in total. The highest BCUT2D eigenvalue weighted by Crippen LogP contribution is 2.12. The number of ether oxygens (including phenoxy) is 1. The van der Waals surface area contributed by atoms with E-state index >= 15 is 0 Å². The van der Waals surface area contributed by atoms with Gasteiger partial charge in [0.25, 0.3) is 0 Å². The number of hydrazone groups is 1. The van der Waals surface area contributed by atoms with Gasteiger partial charge in [0.05, 0.1) is 13.3 Å². The Hall–Kier alpha value is -1.84. The molecule has 1 rings (SSSR count). The van der Waals surface area contributed by atoms with Gasteiger partial charge in [-0.3, -0.25) is 4.79 Å². The summed E-state index contributed by atoms with van der Waals surface area (Å²) in [5, 5.41) is 3.90. The highest BCUT2D eigenvalue weighted by Gasteiger charge is 2.20. The molecule has 0 atom stereocenters. The lowest BCUT2D eigenvalue weighted by molar-refractivity contribution is -0.128. The van der Waals surface area contributed by atoms with Crippen molar-refractivity contribution in [1.82, 2.24) is 5.43 Å². The van der Waals surface area contributed by atoms with E-state index in [0.29, 0.717) is 0 Å². The number of nitrogens with zero attached hydrogens (tertiary/aromatic N) is 1. The highest BCUT2D eigenvalue weighted by atomic mass is 16.5. The standard InChI is InChI=1S/C13H18N2O2/c1-13(2,3)12(16)15-14-9-10-5-7-11(17-4)8-6-10/h5-9H,1-4H3,(H,15,16)/b14-9+. The molecular formula is C13H18N2O2. The van der Waals surface area contributed by atoms with Gasteiger partial charge in [-0.25, -0.2) is 5.43 Å². The lowest BCUT2D eigenvalue weighted by atomic mass is 9.96. The summed E-state index contributed by atoms with van der Waals surface area (Å²) < 4.78 is 5.04. The number of methoxy groups -OCH3 is 1. The van der Waals surface area contributed by atoms with Crippen molar-refractivity contribution in [3.63, 3.8) is 0 Å². The third kappa shape index (κ3) is 4.26. The van der Waals surface area contributed by atoms with Crippen molar-refractivity contribution >= 4 is 12.1 Å². The van der Waals surface area contributed by atoms with E-state index in [1.54, 1.807) is 13.3 Å². The van der Waals surface area contributed by atoms with Gasteiger partial charge in [0, 0.05) is 5.41 Å². The molecule has 0 aliphatic rings. The van der Waals surface area contributed by atoms with Gasteiger partial charge < -0.3 is 4.74 Å². The van der Waals surface area contributed by atoms with Crippen LogP contribution in [0.25, 0.3) is 0 Å². The van der Waals surface area contributed by atoms with Gasteiger partial charge in [-0.05, 0) is 29.8 Å². The van der Waals surface area contributed by atoms with Crippen LogP contribution in [0.1, 0.15) is 26.3 Å². The molecule has 1 aromatic rings. The Morgan fingerprint density at radius 1 is 1.29 bits per heavy atom. The van der Waals surface area contributed by atoms with Gasteiger partial charge in [-0.1, -0.05) is 20.8 Å². The molecule has 17 heavy (non-hydrogen) atoms. The summed E-state index contributed by atoms with van der Waals surface area (Å²) in [5.74, 6) is 0.683. The zero-order valence-electron chi connectivity index (χ0n) is 10.7. The Labute approximate surface area is 102 Å². The number of carbonyl (C=O) groups is 1. The molecule has 0 fully saturated rings. The SMILES string of the molecule is COc1ccc(/C=N/NC(=O)C(C)(C)C)cc1. The molecule has 0 spiro atoms. The normalized spacial score (nSPS) is 11.5. The molecular weight excluding hydrogens is 216 g/mol. The van der Waals surface area contributed by atoms with Gasteiger partial charge in [0.1, 0.15) is 5.75 Å². The summed E-state index contributed by atoms with van der Waals surface area (Å²) in [7, 11) is 1.62. The lowest BCUT2D eigenvalue weighted by Crippen LogP contribution is -2.31. The van der Waals surface area contributed by atoms with E-state index in [0.717, 1.165) is 11.3 Å². The van der Waals surface area contributed by atoms with Gasteiger partial charge >= 0.3 is 0 Å². The molecule has 1 amide bonds. The number of hydrogen-bond donors (Lipinski definition) is 1. The summed E-state index contributed by atoms with van der Waals surface area (Å²) in [6.07, 6.45) is 1.60. The fraction of sp³-hybridized carbons (Fsp3) is 0.385. The zero-order chi connectivity index (χ0) is 12.9. The molecule has 0 aliphatic heterocycles. The Bertz CT molecular complexity index is 402. The van der Waals surface area contributed by atoms with Crippen molar-refractivity contribution in [1.29, 1.82) is 0 Å². The smallest absolute Gasteiger partial charge is 0.245 e. The Kier molecular flexibility index (Phi) is 4.26. The van der Waals surface area contributed by atoms with E-state index in [9.17, 15) is 4.79 Å². The van der Waals surface area contributed by atoms with Crippen LogP contribution in [0.15, 0.2) is 29.4 Å². The quantitative estimate of drug-likeness (QED) is 0.644. The molecule has 0 bridgehead atoms. The van der Waals surface area contributed by atoms with Crippen LogP contribution in [-0.4, -0.2) is 19.2 Å². The number of benzene rings is 1. The number of rotatable bonds is 3. The maximum absolute atomic E-state index is 11.5. The first-order valence-corrected chi connectivity index (χ1v) is 5.41. The zero-order valence-corrected chi connectivity index (χ0v) is 10.7. The Morgan fingerprint density at radius 2 is 1.88 bits per heavy atom. The minimum atomic E-state index is -0.433. The fourth-order valence-electron chi connectivity index (χ4n) is 1.02. The first kappa shape index (κ1) is 13.2. The third-order valence-corrected chi connectivity index (χ3v) is 2.18. The molecule has 0 saturated carbocycles. The minimum absolute atomic E-state index is 0.109. The summed E-state index contributed by atoms with van der Waals surface area (Å²) in [4.78, 5) is 11.5. The molecule has 0 heterocycles. The summed E-state index contributed by atoms with van der Waals surface area (Å²) >= 11 is 0. The first-order valence-electron chi connectivity index (χ1n) is 5.41. The first-order chi connectivity index (χ1) is 7.93. The maximum Gasteiger partial charge on any atom is 0.245 e. The van der Waals surface area contributed by atoms with Crippen molar-refractivity contribution in [3.05, 3.63) is 29.8 Å². The Balaban J connectivity index is 2.56. The van der Waals surface area contributed by atoms with Gasteiger partial charge in [0.2, 0.25) is 5.91 Å². The van der Waals surface area contributed by atoms with Crippen LogP contribution in [-0.2, 0) is 4.79 Å². The molecule has 1 N–H and O–H groups in total. The third-order valence-electron chi connectivity index (χ3n) is 2.18.